The van der Waals surface area contributed by atoms with Crippen LogP contribution in [0.25, 0.3) is 0 Å². The summed E-state index contributed by atoms with van der Waals surface area (Å²) < 4.78 is 0.878. The van der Waals surface area contributed by atoms with E-state index >= 15 is 0 Å². The van der Waals surface area contributed by atoms with Gasteiger partial charge in [0, 0.05) is 19.8 Å². The van der Waals surface area contributed by atoms with E-state index < -0.39 is 0 Å². The molecule has 5 heteroatoms. The Labute approximate surface area is 79.9 Å². The third-order valence-electron chi connectivity index (χ3n) is 1.31. The van der Waals surface area contributed by atoms with E-state index in [0.717, 1.165) is 16.8 Å². The molecule has 0 aliphatic heterocycles. The summed E-state index contributed by atoms with van der Waals surface area (Å²) in [6.07, 6.45) is 1.72. The molecule has 0 fully saturated rings. The van der Waals surface area contributed by atoms with E-state index in [1.165, 1.54) is 0 Å². The van der Waals surface area contributed by atoms with E-state index in [-0.39, 0.29) is 0 Å². The normalized spacial score (nSPS) is 9.58. The van der Waals surface area contributed by atoms with Gasteiger partial charge in [-0.25, -0.2) is 4.98 Å². The van der Waals surface area contributed by atoms with Crippen LogP contribution in [0.4, 0.5) is 11.8 Å². The maximum absolute atomic E-state index is 4.20. The minimum Gasteiger partial charge on any atom is -0.369 e. The Hall–Kier alpha value is -0.840. The van der Waals surface area contributed by atoms with Crippen molar-refractivity contribution in [3.8, 4) is 0 Å². The van der Waals surface area contributed by atoms with E-state index in [9.17, 15) is 0 Å². The Kier molecular flexibility index (Phi) is 3.28. The molecule has 12 heavy (non-hydrogen) atoms. The molecule has 0 aliphatic rings. The average Bonchev–Trinajstić information content (AvgIpc) is 2.09. The summed E-state index contributed by atoms with van der Waals surface area (Å²) in [5.74, 6) is 1.44. The Morgan fingerprint density at radius 3 is 2.92 bits per heavy atom. The lowest BCUT2D eigenvalue weighted by molar-refractivity contribution is 1.09. The Bertz CT molecular complexity index is 264. The van der Waals surface area contributed by atoms with Crippen LogP contribution in [0.3, 0.4) is 0 Å². The van der Waals surface area contributed by atoms with Gasteiger partial charge in [-0.15, -0.1) is 0 Å². The fourth-order valence-electron chi connectivity index (χ4n) is 0.779. The van der Waals surface area contributed by atoms with E-state index in [0.29, 0.717) is 5.95 Å². The molecule has 0 unspecified atom stereocenters. The van der Waals surface area contributed by atoms with Gasteiger partial charge in [-0.2, -0.15) is 4.98 Å². The molecule has 1 aromatic rings. The van der Waals surface area contributed by atoms with Crippen molar-refractivity contribution in [1.29, 1.82) is 0 Å². The zero-order valence-corrected chi connectivity index (χ0v) is 8.64. The molecule has 66 valence electrons. The predicted molar refractivity (Wildman–Crippen MR) is 53.4 cm³/mol. The van der Waals surface area contributed by atoms with Gasteiger partial charge in [0.25, 0.3) is 0 Å². The summed E-state index contributed by atoms with van der Waals surface area (Å²) in [5.41, 5.74) is 0. The van der Waals surface area contributed by atoms with Gasteiger partial charge < -0.3 is 10.6 Å². The summed E-state index contributed by atoms with van der Waals surface area (Å²) in [6.45, 7) is 2.87. The van der Waals surface area contributed by atoms with E-state index in [4.69, 9.17) is 0 Å². The van der Waals surface area contributed by atoms with Crippen LogP contribution in [0, 0.1) is 0 Å². The Morgan fingerprint density at radius 1 is 1.58 bits per heavy atom. The first-order valence-electron chi connectivity index (χ1n) is 3.72. The molecule has 0 aliphatic carbocycles. The molecule has 0 aromatic carbocycles. The summed E-state index contributed by atoms with van der Waals surface area (Å²) in [6, 6.07) is 0. The SMILES string of the molecule is CCNc1nc(NC)ncc1Br. The Balaban J connectivity index is 2.91. The smallest absolute Gasteiger partial charge is 0.224 e. The second-order valence-electron chi connectivity index (χ2n) is 2.17. The quantitative estimate of drug-likeness (QED) is 0.831. The standard InChI is InChI=1S/C7H11BrN4/c1-3-10-6-5(8)4-11-7(9-2)12-6/h4H,3H2,1-2H3,(H2,9,10,11,12). The highest BCUT2D eigenvalue weighted by Gasteiger charge is 2.01. The summed E-state index contributed by atoms with van der Waals surface area (Å²) in [7, 11) is 1.79. The van der Waals surface area contributed by atoms with Gasteiger partial charge in [0.05, 0.1) is 4.47 Å². The number of halogens is 1. The van der Waals surface area contributed by atoms with Crippen molar-refractivity contribution in [3.05, 3.63) is 10.7 Å². The van der Waals surface area contributed by atoms with Crippen molar-refractivity contribution in [1.82, 2.24) is 9.97 Å². The monoisotopic (exact) mass is 230 g/mol. The van der Waals surface area contributed by atoms with Crippen LogP contribution in [0.1, 0.15) is 6.92 Å². The first-order valence-corrected chi connectivity index (χ1v) is 4.51. The zero-order chi connectivity index (χ0) is 8.97. The molecule has 0 saturated heterocycles. The van der Waals surface area contributed by atoms with Gasteiger partial charge in [0.1, 0.15) is 5.82 Å². The van der Waals surface area contributed by atoms with Gasteiger partial charge >= 0.3 is 0 Å². The number of rotatable bonds is 3. The van der Waals surface area contributed by atoms with Crippen LogP contribution in [-0.4, -0.2) is 23.6 Å². The number of nitrogens with zero attached hydrogens (tertiary/aromatic N) is 2. The number of anilines is 2. The highest BCUT2D eigenvalue weighted by atomic mass is 79.9. The van der Waals surface area contributed by atoms with Crippen molar-refractivity contribution >= 4 is 27.7 Å². The predicted octanol–water partition coefficient (Wildman–Crippen LogP) is 1.71. The molecule has 0 amide bonds. The molecule has 1 heterocycles. The molecule has 0 bridgehead atoms. The summed E-state index contributed by atoms with van der Waals surface area (Å²) in [5, 5.41) is 5.98. The second kappa shape index (κ2) is 4.25. The van der Waals surface area contributed by atoms with Crippen molar-refractivity contribution < 1.29 is 0 Å². The van der Waals surface area contributed by atoms with Crippen molar-refractivity contribution in [3.63, 3.8) is 0 Å². The maximum Gasteiger partial charge on any atom is 0.224 e. The Morgan fingerprint density at radius 2 is 2.33 bits per heavy atom. The fraction of sp³-hybridized carbons (Fsp3) is 0.429. The average molecular weight is 231 g/mol. The van der Waals surface area contributed by atoms with Crippen LogP contribution in [0.2, 0.25) is 0 Å². The molecular weight excluding hydrogens is 220 g/mol. The van der Waals surface area contributed by atoms with Crippen LogP contribution in [0.15, 0.2) is 10.7 Å². The topological polar surface area (TPSA) is 49.8 Å². The van der Waals surface area contributed by atoms with Crippen LogP contribution >= 0.6 is 15.9 Å². The van der Waals surface area contributed by atoms with Gasteiger partial charge in [-0.3, -0.25) is 0 Å². The fourth-order valence-corrected chi connectivity index (χ4v) is 1.11. The molecule has 0 atom stereocenters. The third kappa shape index (κ3) is 2.07. The molecule has 0 saturated carbocycles. The summed E-state index contributed by atoms with van der Waals surface area (Å²) in [4.78, 5) is 8.23. The van der Waals surface area contributed by atoms with Crippen molar-refractivity contribution in [2.24, 2.45) is 0 Å². The van der Waals surface area contributed by atoms with Crippen molar-refractivity contribution in [2.75, 3.05) is 24.2 Å². The third-order valence-corrected chi connectivity index (χ3v) is 1.89. The lowest BCUT2D eigenvalue weighted by atomic mass is 10.5. The maximum atomic E-state index is 4.20. The number of hydrogen-bond donors (Lipinski definition) is 2. The van der Waals surface area contributed by atoms with Crippen LogP contribution in [-0.2, 0) is 0 Å². The van der Waals surface area contributed by atoms with E-state index in [1.807, 2.05) is 6.92 Å². The second-order valence-corrected chi connectivity index (χ2v) is 3.02. The number of aromatic nitrogens is 2. The molecule has 1 aromatic heterocycles. The summed E-state index contributed by atoms with van der Waals surface area (Å²) >= 11 is 3.35. The van der Waals surface area contributed by atoms with Gasteiger partial charge in [-0.05, 0) is 22.9 Å². The molecule has 4 nitrogen and oxygen atoms in total. The first kappa shape index (κ1) is 9.25. The largest absolute Gasteiger partial charge is 0.369 e. The zero-order valence-electron chi connectivity index (χ0n) is 7.06. The molecule has 1 rings (SSSR count). The van der Waals surface area contributed by atoms with Crippen LogP contribution < -0.4 is 10.6 Å². The van der Waals surface area contributed by atoms with Crippen LogP contribution in [0.5, 0.6) is 0 Å². The lowest BCUT2D eigenvalue weighted by Gasteiger charge is -2.05. The van der Waals surface area contributed by atoms with E-state index in [1.54, 1.807) is 13.2 Å². The van der Waals surface area contributed by atoms with Gasteiger partial charge in [0.2, 0.25) is 5.95 Å². The molecular formula is C7H11BrN4. The lowest BCUT2D eigenvalue weighted by Crippen LogP contribution is -2.03. The number of nitrogens with one attached hydrogen (secondary N) is 2. The van der Waals surface area contributed by atoms with E-state index in [2.05, 4.69) is 36.5 Å². The molecule has 0 spiro atoms. The molecule has 0 radical (unpaired) electrons. The highest BCUT2D eigenvalue weighted by molar-refractivity contribution is 9.10. The highest BCUT2D eigenvalue weighted by Crippen LogP contribution is 2.19. The van der Waals surface area contributed by atoms with Gasteiger partial charge in [0.15, 0.2) is 0 Å². The first-order chi connectivity index (χ1) is 5.77. The minimum atomic E-state index is 0.620. The minimum absolute atomic E-state index is 0.620. The molecule has 2 N–H and O–H groups in total. The number of hydrogen-bond acceptors (Lipinski definition) is 4. The van der Waals surface area contributed by atoms with Gasteiger partial charge in [-0.1, -0.05) is 0 Å². The van der Waals surface area contributed by atoms with Crippen molar-refractivity contribution in [2.45, 2.75) is 6.92 Å².